The van der Waals surface area contributed by atoms with Gasteiger partial charge >= 0.3 is 35.9 Å². The Balaban J connectivity index is 1.18. The molecule has 0 spiro atoms. The number of ether oxygens (including phenoxy) is 11. The average Bonchev–Trinajstić information content (AvgIpc) is 3.62. The molecule has 3 N–H and O–H groups in total. The maximum atomic E-state index is 13.4. The molecule has 4 aliphatic rings. The van der Waals surface area contributed by atoms with E-state index in [1.165, 1.54) is 13.8 Å². The molecule has 3 heterocycles. The van der Waals surface area contributed by atoms with E-state index in [1.807, 2.05) is 48.5 Å². The second-order valence-corrected chi connectivity index (χ2v) is 16.7. The number of carbonyl (C=O) groups is 7. The van der Waals surface area contributed by atoms with Gasteiger partial charge in [-0.3, -0.25) is 24.0 Å². The zero-order valence-electron chi connectivity index (χ0n) is 38.5. The smallest absolute Gasteiger partial charge is 0.407 e. The van der Waals surface area contributed by atoms with E-state index in [0.29, 0.717) is 5.56 Å². The van der Waals surface area contributed by atoms with Gasteiger partial charge in [0.2, 0.25) is 5.91 Å². The number of esters is 4. The van der Waals surface area contributed by atoms with Crippen molar-refractivity contribution in [1.29, 1.82) is 0 Å². The molecule has 2 amide bonds. The fourth-order valence-electron chi connectivity index (χ4n) is 8.91. The third-order valence-corrected chi connectivity index (χ3v) is 11.7. The van der Waals surface area contributed by atoms with Crippen LogP contribution in [0.5, 0.6) is 0 Å². The van der Waals surface area contributed by atoms with E-state index in [9.17, 15) is 38.7 Å². The van der Waals surface area contributed by atoms with E-state index in [2.05, 4.69) is 10.6 Å². The highest BCUT2D eigenvalue weighted by Gasteiger charge is 2.58. The third-order valence-electron chi connectivity index (χ3n) is 11.7. The molecule has 3 aromatic rings. The Labute approximate surface area is 396 Å². The van der Waals surface area contributed by atoms with Crippen LogP contribution in [0, 0.1) is 0 Å². The van der Waals surface area contributed by atoms with Crippen molar-refractivity contribution in [2.45, 2.75) is 127 Å². The molecule has 0 radical (unpaired) electrons. The molecule has 69 heavy (non-hydrogen) atoms. The van der Waals surface area contributed by atoms with Crippen LogP contribution in [-0.2, 0) is 80.9 Å². The van der Waals surface area contributed by atoms with E-state index in [1.54, 1.807) is 30.3 Å². The van der Waals surface area contributed by atoms with Gasteiger partial charge in [0.1, 0.15) is 43.7 Å². The fraction of sp³-hybridized carbons (Fsp3) is 0.479. The Morgan fingerprint density at radius 2 is 1.26 bits per heavy atom. The summed E-state index contributed by atoms with van der Waals surface area (Å²) in [5, 5.41) is 15.6. The van der Waals surface area contributed by atoms with Gasteiger partial charge in [-0.15, -0.1) is 0 Å². The summed E-state index contributed by atoms with van der Waals surface area (Å²) in [6.07, 6.45) is -16.8. The van der Waals surface area contributed by atoms with Crippen molar-refractivity contribution >= 4 is 41.8 Å². The van der Waals surface area contributed by atoms with Gasteiger partial charge in [0, 0.05) is 46.1 Å². The highest BCUT2D eigenvalue weighted by atomic mass is 16.8. The van der Waals surface area contributed by atoms with Crippen LogP contribution in [0.25, 0.3) is 11.1 Å². The minimum atomic E-state index is -1.77. The van der Waals surface area contributed by atoms with Gasteiger partial charge in [-0.2, -0.15) is 0 Å². The number of nitrogens with one attached hydrogen (secondary N) is 2. The minimum Gasteiger partial charge on any atom is -0.480 e. The van der Waals surface area contributed by atoms with Crippen LogP contribution in [-0.4, -0.2) is 140 Å². The second-order valence-electron chi connectivity index (χ2n) is 16.7. The third kappa shape index (κ3) is 12.0. The molecule has 0 saturated carbocycles. The van der Waals surface area contributed by atoms with E-state index in [-0.39, 0.29) is 19.1 Å². The van der Waals surface area contributed by atoms with Crippen molar-refractivity contribution < 1.29 is 90.8 Å². The predicted octanol–water partition coefficient (Wildman–Crippen LogP) is 3.20. The lowest BCUT2D eigenvalue weighted by Gasteiger charge is -2.51. The first-order chi connectivity index (χ1) is 33.0. The van der Waals surface area contributed by atoms with E-state index < -0.39 is 128 Å². The Hall–Kier alpha value is -6.49. The number of amides is 2. The lowest BCUT2D eigenvalue weighted by Crippen LogP contribution is -2.70. The molecule has 370 valence electrons. The van der Waals surface area contributed by atoms with E-state index in [0.717, 1.165) is 49.9 Å². The standard InChI is InChI=1S/C48H54N2O19/c1-23(37(44(56)57)50-48(58)61-20-34-32-18-12-10-16-30(32)31-17-11-13-19-33(31)34)62-46-38(49-24(2)51)41(39-36(66-46)22-60-45(68-39)29-14-8-7-9-15-29)69-47-43(65-28(6)55)42(64-27(5)54)40(63-26(4)53)35(67-47)21-59-25(3)52/h7-19,23,34-43,45-47H,20-22H2,1-6H3,(H,49,51)(H,50,58)(H,56,57)/t23?,35-,36-,37+,38-,39+,40+,41-,42+,43-,45?,46+,47+/m1/s1. The van der Waals surface area contributed by atoms with E-state index in [4.69, 9.17) is 52.1 Å². The summed E-state index contributed by atoms with van der Waals surface area (Å²) in [6.45, 7) is 6.02. The molecule has 2 unspecified atom stereocenters. The number of hydrogen-bond donors (Lipinski definition) is 3. The number of carbonyl (C=O) groups excluding carboxylic acids is 6. The topological polar surface area (TPSA) is 265 Å². The molecular formula is C48H54N2O19. The van der Waals surface area contributed by atoms with Crippen LogP contribution >= 0.6 is 0 Å². The number of benzene rings is 3. The summed E-state index contributed by atoms with van der Waals surface area (Å²) in [5.74, 6) is -5.84. The van der Waals surface area contributed by atoms with Gasteiger partial charge in [-0.1, -0.05) is 78.9 Å². The zero-order chi connectivity index (χ0) is 49.5. The molecule has 3 saturated heterocycles. The molecule has 1 aliphatic carbocycles. The lowest BCUT2D eigenvalue weighted by atomic mass is 9.94. The van der Waals surface area contributed by atoms with Crippen LogP contribution in [0.1, 0.15) is 70.4 Å². The summed E-state index contributed by atoms with van der Waals surface area (Å²) in [4.78, 5) is 89.2. The number of carboxylic acid groups (broad SMARTS) is 1. The average molecular weight is 963 g/mol. The first kappa shape index (κ1) is 50.4. The first-order valence-electron chi connectivity index (χ1n) is 22.2. The summed E-state index contributed by atoms with van der Waals surface area (Å²) < 4.78 is 65.9. The highest BCUT2D eigenvalue weighted by molar-refractivity contribution is 5.81. The van der Waals surface area contributed by atoms with Crippen molar-refractivity contribution in [3.63, 3.8) is 0 Å². The molecule has 0 bridgehead atoms. The number of fused-ring (bicyclic) bond motifs is 4. The molecular weight excluding hydrogens is 909 g/mol. The SMILES string of the molecule is CC(=O)N[C@H]1[C@@H](OC(C)[C@H](NC(=O)OCC2c3ccccc3-c3ccccc32)C(=O)O)O[C@@H]2COC(c3ccccc3)O[C@@H]2[C@@H]1O[C@@H]1O[C@H](COC(C)=O)[C@H](OC(C)=O)[C@H](OC(C)=O)[C@H]1OC(C)=O. The van der Waals surface area contributed by atoms with E-state index >= 15 is 0 Å². The van der Waals surface area contributed by atoms with Crippen LogP contribution < -0.4 is 10.6 Å². The summed E-state index contributed by atoms with van der Waals surface area (Å²) in [6, 6.07) is 21.1. The van der Waals surface area contributed by atoms with Crippen molar-refractivity contribution in [1.82, 2.24) is 10.6 Å². The largest absolute Gasteiger partial charge is 0.480 e. The number of alkyl carbamates (subject to hydrolysis) is 1. The van der Waals surface area contributed by atoms with Crippen molar-refractivity contribution in [3.8, 4) is 11.1 Å². The predicted molar refractivity (Wildman–Crippen MR) is 233 cm³/mol. The van der Waals surface area contributed by atoms with Gasteiger partial charge in [-0.25, -0.2) is 9.59 Å². The molecule has 21 heteroatoms. The zero-order valence-corrected chi connectivity index (χ0v) is 38.5. The fourth-order valence-corrected chi connectivity index (χ4v) is 8.91. The van der Waals surface area contributed by atoms with Gasteiger partial charge in [0.25, 0.3) is 0 Å². The summed E-state index contributed by atoms with van der Waals surface area (Å²) in [7, 11) is 0. The van der Waals surface area contributed by atoms with Crippen LogP contribution in [0.3, 0.4) is 0 Å². The molecule has 3 aliphatic heterocycles. The Bertz CT molecular complexity index is 2320. The van der Waals surface area contributed by atoms with Crippen LogP contribution in [0.4, 0.5) is 4.79 Å². The van der Waals surface area contributed by atoms with Gasteiger partial charge in [-0.05, 0) is 29.2 Å². The summed E-state index contributed by atoms with van der Waals surface area (Å²) in [5.41, 5.74) is 4.48. The summed E-state index contributed by atoms with van der Waals surface area (Å²) >= 11 is 0. The van der Waals surface area contributed by atoms with Crippen LogP contribution in [0.2, 0.25) is 0 Å². The van der Waals surface area contributed by atoms with Crippen molar-refractivity contribution in [2.75, 3.05) is 19.8 Å². The molecule has 0 aromatic heterocycles. The minimum absolute atomic E-state index is 0.108. The Morgan fingerprint density at radius 3 is 1.86 bits per heavy atom. The van der Waals surface area contributed by atoms with Gasteiger partial charge < -0.3 is 67.8 Å². The molecule has 7 rings (SSSR count). The second kappa shape index (κ2) is 22.3. The number of aliphatic carboxylic acids is 1. The molecule has 21 nitrogen and oxygen atoms in total. The van der Waals surface area contributed by atoms with Gasteiger partial charge in [0.05, 0.1) is 12.7 Å². The monoisotopic (exact) mass is 962 g/mol. The maximum Gasteiger partial charge on any atom is 0.407 e. The lowest BCUT2D eigenvalue weighted by molar-refractivity contribution is -0.381. The Kier molecular flexibility index (Phi) is 16.3. The molecule has 13 atom stereocenters. The maximum absolute atomic E-state index is 13.4. The van der Waals surface area contributed by atoms with Crippen LogP contribution in [0.15, 0.2) is 78.9 Å². The van der Waals surface area contributed by atoms with Gasteiger partial charge in [0.15, 0.2) is 43.2 Å². The first-order valence-corrected chi connectivity index (χ1v) is 22.2. The molecule has 3 aromatic carbocycles. The van der Waals surface area contributed by atoms with Crippen molar-refractivity contribution in [2.24, 2.45) is 0 Å². The quantitative estimate of drug-likeness (QED) is 0.137. The normalized spacial score (nSPS) is 27.9. The number of hydrogen-bond acceptors (Lipinski definition) is 18. The Morgan fingerprint density at radius 1 is 0.667 bits per heavy atom. The highest BCUT2D eigenvalue weighted by Crippen LogP contribution is 2.45. The van der Waals surface area contributed by atoms with Crippen molar-refractivity contribution in [3.05, 3.63) is 95.6 Å². The number of carboxylic acids is 1. The number of rotatable bonds is 16. The molecule has 3 fully saturated rings.